The van der Waals surface area contributed by atoms with Crippen molar-refractivity contribution in [1.82, 2.24) is 15.5 Å². The molecule has 9 heteroatoms. The van der Waals surface area contributed by atoms with Crippen LogP contribution in [0, 0.1) is 6.92 Å². The normalized spacial score (nSPS) is 12.4. The Morgan fingerprint density at radius 2 is 1.93 bits per heavy atom. The summed E-state index contributed by atoms with van der Waals surface area (Å²) in [5, 5.41) is 5.95. The number of halogens is 3. The van der Waals surface area contributed by atoms with Gasteiger partial charge in [0.25, 0.3) is 5.91 Å². The summed E-state index contributed by atoms with van der Waals surface area (Å²) >= 11 is 0. The van der Waals surface area contributed by atoms with E-state index in [2.05, 4.69) is 10.1 Å². The van der Waals surface area contributed by atoms with Crippen LogP contribution in [0.3, 0.4) is 0 Å². The Morgan fingerprint density at radius 3 is 2.62 bits per heavy atom. The van der Waals surface area contributed by atoms with Crippen LogP contribution in [0.15, 0.2) is 53.2 Å². The first-order valence-electron chi connectivity index (χ1n) is 8.73. The highest BCUT2D eigenvalue weighted by Gasteiger charge is 2.37. The quantitative estimate of drug-likeness (QED) is 0.662. The summed E-state index contributed by atoms with van der Waals surface area (Å²) in [5.74, 6) is -0.487. The lowest BCUT2D eigenvalue weighted by Gasteiger charge is -2.18. The lowest BCUT2D eigenvalue weighted by molar-refractivity contribution is -0.149. The fourth-order valence-corrected chi connectivity index (χ4v) is 2.56. The number of aryl methyl sites for hydroxylation is 1. The van der Waals surface area contributed by atoms with E-state index in [4.69, 9.17) is 9.26 Å². The van der Waals surface area contributed by atoms with Crippen LogP contribution in [0.1, 0.15) is 28.6 Å². The molecule has 0 saturated heterocycles. The van der Waals surface area contributed by atoms with Gasteiger partial charge in [-0.25, -0.2) is 4.98 Å². The van der Waals surface area contributed by atoms with Crippen molar-refractivity contribution in [3.8, 4) is 17.1 Å². The molecule has 0 spiro atoms. The fourth-order valence-electron chi connectivity index (χ4n) is 2.56. The van der Waals surface area contributed by atoms with E-state index >= 15 is 0 Å². The molecule has 0 aliphatic rings. The van der Waals surface area contributed by atoms with E-state index in [1.54, 1.807) is 6.92 Å². The minimum absolute atomic E-state index is 0.0221. The molecule has 0 aliphatic heterocycles. The third-order valence-electron chi connectivity index (χ3n) is 4.24. The molecule has 6 nitrogen and oxygen atoms in total. The predicted octanol–water partition coefficient (Wildman–Crippen LogP) is 4.30. The molecule has 3 aromatic rings. The Labute approximate surface area is 164 Å². The van der Waals surface area contributed by atoms with Gasteiger partial charge >= 0.3 is 6.18 Å². The van der Waals surface area contributed by atoms with Gasteiger partial charge in [0.15, 0.2) is 0 Å². The van der Waals surface area contributed by atoms with Gasteiger partial charge < -0.3 is 14.6 Å². The van der Waals surface area contributed by atoms with Crippen LogP contribution < -0.4 is 10.1 Å². The van der Waals surface area contributed by atoms with Crippen LogP contribution in [0.5, 0.6) is 5.88 Å². The molecule has 0 aliphatic carbocycles. The lowest BCUT2D eigenvalue weighted by atomic mass is 10.1. The van der Waals surface area contributed by atoms with E-state index in [-0.39, 0.29) is 18.1 Å². The van der Waals surface area contributed by atoms with Crippen molar-refractivity contribution in [3.63, 3.8) is 0 Å². The highest BCUT2D eigenvalue weighted by Crippen LogP contribution is 2.27. The molecule has 152 valence electrons. The van der Waals surface area contributed by atoms with Gasteiger partial charge in [0.2, 0.25) is 5.88 Å². The number of rotatable bonds is 6. The van der Waals surface area contributed by atoms with E-state index in [1.165, 1.54) is 18.3 Å². The van der Waals surface area contributed by atoms with Gasteiger partial charge in [-0.05, 0) is 26.0 Å². The van der Waals surface area contributed by atoms with E-state index < -0.39 is 18.1 Å². The van der Waals surface area contributed by atoms with Gasteiger partial charge in [-0.15, -0.1) is 0 Å². The Morgan fingerprint density at radius 1 is 1.21 bits per heavy atom. The summed E-state index contributed by atoms with van der Waals surface area (Å²) in [5.41, 5.74) is 1.95. The largest absolute Gasteiger partial charge is 0.472 e. The number of amides is 1. The van der Waals surface area contributed by atoms with Crippen molar-refractivity contribution in [2.45, 2.75) is 32.7 Å². The van der Waals surface area contributed by atoms with Crippen molar-refractivity contribution >= 4 is 5.91 Å². The number of hydrogen-bond acceptors (Lipinski definition) is 5. The highest BCUT2D eigenvalue weighted by atomic mass is 19.4. The molecule has 0 fully saturated rings. The van der Waals surface area contributed by atoms with Crippen LogP contribution in [0.25, 0.3) is 11.3 Å². The first-order chi connectivity index (χ1) is 13.8. The maximum atomic E-state index is 12.7. The third-order valence-corrected chi connectivity index (χ3v) is 4.24. The molecule has 1 amide bonds. The van der Waals surface area contributed by atoms with Crippen LogP contribution in [0.2, 0.25) is 0 Å². The van der Waals surface area contributed by atoms with Crippen molar-refractivity contribution in [3.05, 3.63) is 65.5 Å². The Hall–Kier alpha value is -3.36. The molecule has 1 N–H and O–H groups in total. The summed E-state index contributed by atoms with van der Waals surface area (Å²) in [6, 6.07) is 10.1. The minimum Gasteiger partial charge on any atom is -0.472 e. The molecule has 29 heavy (non-hydrogen) atoms. The zero-order chi connectivity index (χ0) is 21.0. The number of nitrogens with one attached hydrogen (secondary N) is 1. The number of alkyl halides is 3. The smallest absolute Gasteiger partial charge is 0.408 e. The molecular formula is C20H18F3N3O3. The molecule has 1 aromatic carbocycles. The topological polar surface area (TPSA) is 77.2 Å². The van der Waals surface area contributed by atoms with Crippen LogP contribution >= 0.6 is 0 Å². The van der Waals surface area contributed by atoms with Gasteiger partial charge in [-0.2, -0.15) is 13.2 Å². The maximum absolute atomic E-state index is 12.7. The maximum Gasteiger partial charge on any atom is 0.408 e. The van der Waals surface area contributed by atoms with Gasteiger partial charge in [0, 0.05) is 11.8 Å². The van der Waals surface area contributed by atoms with Crippen LogP contribution in [-0.4, -0.2) is 28.3 Å². The first kappa shape index (κ1) is 20.4. The second-order valence-corrected chi connectivity index (χ2v) is 6.31. The molecule has 0 radical (unpaired) electrons. The summed E-state index contributed by atoms with van der Waals surface area (Å²) in [6.07, 6.45) is -3.17. The Kier molecular flexibility index (Phi) is 5.86. The summed E-state index contributed by atoms with van der Waals surface area (Å²) in [7, 11) is 0. The number of hydrogen-bond donors (Lipinski definition) is 1. The van der Waals surface area contributed by atoms with E-state index in [0.29, 0.717) is 17.0 Å². The zero-order valence-corrected chi connectivity index (χ0v) is 15.7. The molecule has 2 heterocycles. The number of carbonyl (C=O) groups is 1. The zero-order valence-electron chi connectivity index (χ0n) is 15.7. The van der Waals surface area contributed by atoms with Gasteiger partial charge in [-0.1, -0.05) is 35.5 Å². The standard InChI is InChI=1S/C20H18F3N3O3/c1-12-16(17(26-29-12)14-7-4-3-5-8-14)11-28-19-15(9-6-10-24-19)18(27)25-13(2)20(21,22)23/h3-10,13H,11H2,1-2H3,(H,25,27). The number of aromatic nitrogens is 2. The highest BCUT2D eigenvalue weighted by molar-refractivity contribution is 5.96. The van der Waals surface area contributed by atoms with Crippen molar-refractivity contribution in [2.24, 2.45) is 0 Å². The molecule has 1 atom stereocenters. The molecule has 0 bridgehead atoms. The van der Waals surface area contributed by atoms with E-state index in [0.717, 1.165) is 12.5 Å². The molecule has 0 saturated carbocycles. The van der Waals surface area contributed by atoms with Crippen LogP contribution in [0.4, 0.5) is 13.2 Å². The van der Waals surface area contributed by atoms with Crippen molar-refractivity contribution in [1.29, 1.82) is 0 Å². The minimum atomic E-state index is -4.55. The van der Waals surface area contributed by atoms with Crippen LogP contribution in [-0.2, 0) is 6.61 Å². The summed E-state index contributed by atoms with van der Waals surface area (Å²) in [6.45, 7) is 2.56. The van der Waals surface area contributed by atoms with Gasteiger partial charge in [0.1, 0.15) is 29.7 Å². The monoisotopic (exact) mass is 405 g/mol. The van der Waals surface area contributed by atoms with Gasteiger partial charge in [-0.3, -0.25) is 4.79 Å². The van der Waals surface area contributed by atoms with Crippen molar-refractivity contribution in [2.75, 3.05) is 0 Å². The fraction of sp³-hybridized carbons (Fsp3) is 0.250. The van der Waals surface area contributed by atoms with Crippen molar-refractivity contribution < 1.29 is 27.2 Å². The number of carbonyl (C=O) groups excluding carboxylic acids is 1. The molecule has 3 rings (SSSR count). The summed E-state index contributed by atoms with van der Waals surface area (Å²) < 4.78 is 49.1. The summed E-state index contributed by atoms with van der Waals surface area (Å²) in [4.78, 5) is 16.3. The number of nitrogens with zero attached hydrogens (tertiary/aromatic N) is 2. The second-order valence-electron chi connectivity index (χ2n) is 6.31. The average Bonchev–Trinajstić information content (AvgIpc) is 3.07. The molecular weight excluding hydrogens is 387 g/mol. The Bertz CT molecular complexity index is 987. The SMILES string of the molecule is Cc1onc(-c2ccccc2)c1COc1ncccc1C(=O)NC(C)C(F)(F)F. The third kappa shape index (κ3) is 4.74. The van der Waals surface area contributed by atoms with E-state index in [1.807, 2.05) is 35.6 Å². The first-order valence-corrected chi connectivity index (χ1v) is 8.73. The molecule has 1 unspecified atom stereocenters. The predicted molar refractivity (Wildman–Crippen MR) is 98.2 cm³/mol. The number of benzene rings is 1. The number of pyridine rings is 1. The Balaban J connectivity index is 1.80. The second kappa shape index (κ2) is 8.34. The van der Waals surface area contributed by atoms with E-state index in [9.17, 15) is 18.0 Å². The molecule has 2 aromatic heterocycles. The number of ether oxygens (including phenoxy) is 1. The average molecular weight is 405 g/mol. The van der Waals surface area contributed by atoms with Gasteiger partial charge in [0.05, 0.1) is 5.56 Å². The lowest BCUT2D eigenvalue weighted by Crippen LogP contribution is -2.43.